The third-order valence-electron chi connectivity index (χ3n) is 3.22. The maximum absolute atomic E-state index is 11.1. The van der Waals surface area contributed by atoms with Gasteiger partial charge in [0.2, 0.25) is 5.91 Å². The fourth-order valence-corrected chi connectivity index (χ4v) is 2.13. The lowest BCUT2D eigenvalue weighted by atomic mass is 10.1. The molecule has 110 valence electrons. The molecule has 0 aliphatic rings. The highest BCUT2D eigenvalue weighted by molar-refractivity contribution is 5.89. The van der Waals surface area contributed by atoms with Crippen molar-refractivity contribution in [3.63, 3.8) is 0 Å². The molecule has 0 aliphatic carbocycles. The smallest absolute Gasteiger partial charge is 0.221 e. The van der Waals surface area contributed by atoms with Crippen LogP contribution in [-0.2, 0) is 11.3 Å². The van der Waals surface area contributed by atoms with E-state index in [0.717, 1.165) is 28.3 Å². The second-order valence-electron chi connectivity index (χ2n) is 4.88. The number of hydrogen-bond donors (Lipinski definition) is 2. The predicted octanol–water partition coefficient (Wildman–Crippen LogP) is 3.57. The molecule has 1 amide bonds. The second kappa shape index (κ2) is 6.79. The highest BCUT2D eigenvalue weighted by atomic mass is 16.5. The highest BCUT2D eigenvalue weighted by Gasteiger charge is 2.04. The number of benzene rings is 2. The molecular formula is C17H20N2O2. The first-order valence-electron chi connectivity index (χ1n) is 6.84. The van der Waals surface area contributed by atoms with Crippen LogP contribution in [0.4, 0.5) is 11.4 Å². The zero-order valence-corrected chi connectivity index (χ0v) is 12.6. The Labute approximate surface area is 125 Å². The highest BCUT2D eigenvalue weighted by Crippen LogP contribution is 2.23. The van der Waals surface area contributed by atoms with E-state index >= 15 is 0 Å². The van der Waals surface area contributed by atoms with Crippen molar-refractivity contribution in [2.45, 2.75) is 20.4 Å². The van der Waals surface area contributed by atoms with Crippen LogP contribution in [0.5, 0.6) is 5.75 Å². The van der Waals surface area contributed by atoms with Crippen molar-refractivity contribution in [2.75, 3.05) is 17.7 Å². The fraction of sp³-hybridized carbons (Fsp3) is 0.235. The van der Waals surface area contributed by atoms with Gasteiger partial charge in [0.1, 0.15) is 5.75 Å². The van der Waals surface area contributed by atoms with Gasteiger partial charge in [0.25, 0.3) is 0 Å². The first kappa shape index (κ1) is 14.9. The molecule has 21 heavy (non-hydrogen) atoms. The lowest BCUT2D eigenvalue weighted by Gasteiger charge is -2.13. The number of rotatable bonds is 5. The zero-order chi connectivity index (χ0) is 15.2. The summed E-state index contributed by atoms with van der Waals surface area (Å²) >= 11 is 0. The Morgan fingerprint density at radius 2 is 1.95 bits per heavy atom. The standard InChI is InChI=1S/C17H20N2O2/c1-12-8-9-15(19-13(2)20)10-16(12)18-11-14-6-4-5-7-17(14)21-3/h4-10,18H,11H2,1-3H3,(H,19,20). The number of anilines is 2. The number of ether oxygens (including phenoxy) is 1. The Kier molecular flexibility index (Phi) is 4.82. The molecule has 0 aliphatic heterocycles. The van der Waals surface area contributed by atoms with Gasteiger partial charge in [-0.05, 0) is 30.7 Å². The van der Waals surface area contributed by atoms with Crippen molar-refractivity contribution in [1.29, 1.82) is 0 Å². The van der Waals surface area contributed by atoms with Gasteiger partial charge in [0, 0.05) is 30.4 Å². The number of amides is 1. The summed E-state index contributed by atoms with van der Waals surface area (Å²) in [4.78, 5) is 11.1. The Hall–Kier alpha value is -2.49. The van der Waals surface area contributed by atoms with E-state index in [1.807, 2.05) is 49.4 Å². The molecule has 0 unspecified atom stereocenters. The van der Waals surface area contributed by atoms with E-state index in [1.165, 1.54) is 6.92 Å². The average Bonchev–Trinajstić information content (AvgIpc) is 2.47. The average molecular weight is 284 g/mol. The number of carbonyl (C=O) groups excluding carboxylic acids is 1. The van der Waals surface area contributed by atoms with Crippen molar-refractivity contribution >= 4 is 17.3 Å². The van der Waals surface area contributed by atoms with Crippen LogP contribution in [0.3, 0.4) is 0 Å². The molecule has 2 N–H and O–H groups in total. The predicted molar refractivity (Wildman–Crippen MR) is 85.8 cm³/mol. The number of para-hydroxylation sites is 1. The molecule has 4 heteroatoms. The SMILES string of the molecule is COc1ccccc1CNc1cc(NC(C)=O)ccc1C. The second-order valence-corrected chi connectivity index (χ2v) is 4.88. The molecule has 0 spiro atoms. The van der Waals surface area contributed by atoms with Crippen LogP contribution in [0.2, 0.25) is 0 Å². The van der Waals surface area contributed by atoms with Gasteiger partial charge in [-0.2, -0.15) is 0 Å². The van der Waals surface area contributed by atoms with Crippen LogP contribution in [0, 0.1) is 6.92 Å². The Bertz CT molecular complexity index is 638. The minimum Gasteiger partial charge on any atom is -0.496 e. The normalized spacial score (nSPS) is 10.0. The summed E-state index contributed by atoms with van der Waals surface area (Å²) in [6.07, 6.45) is 0. The van der Waals surface area contributed by atoms with Crippen LogP contribution >= 0.6 is 0 Å². The summed E-state index contributed by atoms with van der Waals surface area (Å²) < 4.78 is 5.34. The van der Waals surface area contributed by atoms with Gasteiger partial charge in [0.05, 0.1) is 7.11 Å². The van der Waals surface area contributed by atoms with Crippen molar-refractivity contribution in [1.82, 2.24) is 0 Å². The molecule has 2 aromatic carbocycles. The molecule has 0 radical (unpaired) electrons. The number of nitrogens with one attached hydrogen (secondary N) is 2. The Morgan fingerprint density at radius 3 is 2.67 bits per heavy atom. The molecule has 0 aromatic heterocycles. The monoisotopic (exact) mass is 284 g/mol. The quantitative estimate of drug-likeness (QED) is 0.882. The molecule has 0 saturated heterocycles. The largest absolute Gasteiger partial charge is 0.496 e. The molecule has 0 saturated carbocycles. The number of carbonyl (C=O) groups is 1. The first-order chi connectivity index (χ1) is 10.1. The number of hydrogen-bond acceptors (Lipinski definition) is 3. The minimum absolute atomic E-state index is 0.0745. The van der Waals surface area contributed by atoms with Gasteiger partial charge in [-0.15, -0.1) is 0 Å². The van der Waals surface area contributed by atoms with Gasteiger partial charge in [-0.3, -0.25) is 4.79 Å². The molecule has 4 nitrogen and oxygen atoms in total. The summed E-state index contributed by atoms with van der Waals surface area (Å²) in [5.74, 6) is 0.787. The van der Waals surface area contributed by atoms with Gasteiger partial charge in [-0.25, -0.2) is 0 Å². The third kappa shape index (κ3) is 3.99. The van der Waals surface area contributed by atoms with Crippen LogP contribution in [-0.4, -0.2) is 13.0 Å². The van der Waals surface area contributed by atoms with Gasteiger partial charge < -0.3 is 15.4 Å². The van der Waals surface area contributed by atoms with E-state index in [9.17, 15) is 4.79 Å². The Balaban J connectivity index is 2.13. The Morgan fingerprint density at radius 1 is 1.19 bits per heavy atom. The molecule has 0 bridgehead atoms. The van der Waals surface area contributed by atoms with Crippen molar-refractivity contribution in [3.05, 3.63) is 53.6 Å². The lowest BCUT2D eigenvalue weighted by Crippen LogP contribution is -2.07. The number of methoxy groups -OCH3 is 1. The van der Waals surface area contributed by atoms with Crippen LogP contribution < -0.4 is 15.4 Å². The van der Waals surface area contributed by atoms with Crippen molar-refractivity contribution in [2.24, 2.45) is 0 Å². The maximum atomic E-state index is 11.1. The lowest BCUT2D eigenvalue weighted by molar-refractivity contribution is -0.114. The summed E-state index contributed by atoms with van der Waals surface area (Å²) in [6, 6.07) is 13.7. The molecule has 0 fully saturated rings. The zero-order valence-electron chi connectivity index (χ0n) is 12.6. The summed E-state index contributed by atoms with van der Waals surface area (Å²) in [7, 11) is 1.67. The summed E-state index contributed by atoms with van der Waals surface area (Å²) in [5.41, 5.74) is 3.99. The van der Waals surface area contributed by atoms with Gasteiger partial charge >= 0.3 is 0 Å². The van der Waals surface area contributed by atoms with E-state index in [-0.39, 0.29) is 5.91 Å². The summed E-state index contributed by atoms with van der Waals surface area (Å²) in [5, 5.41) is 6.18. The molecule has 0 heterocycles. The minimum atomic E-state index is -0.0745. The van der Waals surface area contributed by atoms with Gasteiger partial charge in [0.15, 0.2) is 0 Å². The van der Waals surface area contributed by atoms with E-state index in [2.05, 4.69) is 10.6 Å². The summed E-state index contributed by atoms with van der Waals surface area (Å²) in [6.45, 7) is 4.19. The van der Waals surface area contributed by atoms with E-state index < -0.39 is 0 Å². The fourth-order valence-electron chi connectivity index (χ4n) is 2.13. The topological polar surface area (TPSA) is 50.4 Å². The van der Waals surface area contributed by atoms with E-state index in [4.69, 9.17) is 4.74 Å². The first-order valence-corrected chi connectivity index (χ1v) is 6.84. The van der Waals surface area contributed by atoms with E-state index in [0.29, 0.717) is 6.54 Å². The molecule has 2 rings (SSSR count). The van der Waals surface area contributed by atoms with Crippen molar-refractivity contribution in [3.8, 4) is 5.75 Å². The van der Waals surface area contributed by atoms with Crippen LogP contribution in [0.15, 0.2) is 42.5 Å². The third-order valence-corrected chi connectivity index (χ3v) is 3.22. The molecule has 2 aromatic rings. The van der Waals surface area contributed by atoms with E-state index in [1.54, 1.807) is 7.11 Å². The molecule has 0 atom stereocenters. The van der Waals surface area contributed by atoms with Crippen LogP contribution in [0.1, 0.15) is 18.1 Å². The maximum Gasteiger partial charge on any atom is 0.221 e. The number of aryl methyl sites for hydroxylation is 1. The molecular weight excluding hydrogens is 264 g/mol. The van der Waals surface area contributed by atoms with Crippen molar-refractivity contribution < 1.29 is 9.53 Å². The van der Waals surface area contributed by atoms with Crippen LogP contribution in [0.25, 0.3) is 0 Å². The van der Waals surface area contributed by atoms with Gasteiger partial charge in [-0.1, -0.05) is 24.3 Å².